The molecule has 5 aromatic rings. The number of aromatic nitrogens is 8. The second kappa shape index (κ2) is 12.5. The Morgan fingerprint density at radius 2 is 0.762 bits per heavy atom. The number of pyridine rings is 2. The van der Waals surface area contributed by atoms with Crippen LogP contribution < -0.4 is 0 Å². The molecule has 0 spiro atoms. The second-order valence-corrected chi connectivity index (χ2v) is 11.7. The summed E-state index contributed by atoms with van der Waals surface area (Å²) >= 11 is 0. The van der Waals surface area contributed by atoms with Gasteiger partial charge >= 0.3 is 0 Å². The molecule has 4 heterocycles. The Hall–Kier alpha value is -3.94. The third-order valence-electron chi connectivity index (χ3n) is 8.78. The van der Waals surface area contributed by atoms with Crippen molar-refractivity contribution in [3.63, 3.8) is 0 Å². The molecule has 42 heavy (non-hydrogen) atoms. The molecule has 0 aliphatic heterocycles. The van der Waals surface area contributed by atoms with E-state index in [1.54, 1.807) is 0 Å². The molecule has 0 aliphatic rings. The van der Waals surface area contributed by atoms with E-state index < -0.39 is 0 Å². The molecular formula is C34H42N8. The predicted molar refractivity (Wildman–Crippen MR) is 170 cm³/mol. The van der Waals surface area contributed by atoms with Crippen LogP contribution in [0.2, 0.25) is 0 Å². The Morgan fingerprint density at radius 1 is 0.429 bits per heavy atom. The van der Waals surface area contributed by atoms with E-state index in [2.05, 4.69) is 100 Å². The molecule has 4 aromatic heterocycles. The van der Waals surface area contributed by atoms with Crippen LogP contribution in [0.3, 0.4) is 0 Å². The predicted octanol–water partition coefficient (Wildman–Crippen LogP) is 8.54. The lowest BCUT2D eigenvalue weighted by Crippen LogP contribution is -2.11. The lowest BCUT2D eigenvalue weighted by atomic mass is 9.95. The quantitative estimate of drug-likeness (QED) is 0.156. The number of fused-ring (bicyclic) bond motifs is 3. The molecule has 0 radical (unpaired) electrons. The summed E-state index contributed by atoms with van der Waals surface area (Å²) in [5.41, 5.74) is 6.94. The third-order valence-corrected chi connectivity index (χ3v) is 8.78. The van der Waals surface area contributed by atoms with Crippen molar-refractivity contribution in [2.24, 2.45) is 0 Å². The minimum Gasteiger partial charge on any atom is -0.242 e. The van der Waals surface area contributed by atoms with E-state index >= 15 is 0 Å². The van der Waals surface area contributed by atoms with Crippen molar-refractivity contribution >= 4 is 21.8 Å². The topological polar surface area (TPSA) is 103 Å². The lowest BCUT2D eigenvalue weighted by Gasteiger charge is -2.17. The van der Waals surface area contributed by atoms with Crippen molar-refractivity contribution in [1.82, 2.24) is 40.3 Å². The van der Waals surface area contributed by atoms with Gasteiger partial charge in [0.1, 0.15) is 11.4 Å². The molecule has 0 bridgehead atoms. The maximum absolute atomic E-state index is 5.05. The number of hydrogen-bond donors (Lipinski definition) is 0. The van der Waals surface area contributed by atoms with Crippen molar-refractivity contribution < 1.29 is 0 Å². The van der Waals surface area contributed by atoms with E-state index in [1.807, 2.05) is 12.1 Å². The number of benzene rings is 1. The number of rotatable bonds is 10. The summed E-state index contributed by atoms with van der Waals surface area (Å²) in [6.45, 7) is 17.5. The summed E-state index contributed by atoms with van der Waals surface area (Å²) in [4.78, 5) is 20.1. The number of hydrogen-bond acceptors (Lipinski definition) is 8. The van der Waals surface area contributed by atoms with Gasteiger partial charge in [-0.15, -0.1) is 10.2 Å². The molecule has 4 unspecified atom stereocenters. The highest BCUT2D eigenvalue weighted by Crippen LogP contribution is 2.31. The van der Waals surface area contributed by atoms with Gasteiger partial charge in [-0.05, 0) is 37.8 Å². The molecule has 0 aliphatic carbocycles. The summed E-state index contributed by atoms with van der Waals surface area (Å²) in [7, 11) is 0. The van der Waals surface area contributed by atoms with Crippen molar-refractivity contribution in [1.29, 1.82) is 0 Å². The zero-order valence-corrected chi connectivity index (χ0v) is 26.2. The molecule has 0 fully saturated rings. The normalized spacial score (nSPS) is 14.7. The second-order valence-electron chi connectivity index (χ2n) is 11.7. The average Bonchev–Trinajstić information content (AvgIpc) is 3.05. The molecule has 8 nitrogen and oxygen atoms in total. The Balaban J connectivity index is 1.64. The largest absolute Gasteiger partial charge is 0.242 e. The average molecular weight is 563 g/mol. The molecule has 0 N–H and O–H groups in total. The van der Waals surface area contributed by atoms with Gasteiger partial charge in [-0.3, -0.25) is 0 Å². The van der Waals surface area contributed by atoms with E-state index in [0.29, 0.717) is 34.9 Å². The smallest absolute Gasteiger partial charge is 0.200 e. The molecule has 8 heteroatoms. The molecule has 218 valence electrons. The first-order valence-electron chi connectivity index (χ1n) is 15.5. The van der Waals surface area contributed by atoms with Gasteiger partial charge in [0.25, 0.3) is 0 Å². The van der Waals surface area contributed by atoms with Crippen LogP contribution in [0.1, 0.15) is 128 Å². The van der Waals surface area contributed by atoms with Crippen LogP contribution in [0.5, 0.6) is 0 Å². The fourth-order valence-corrected chi connectivity index (χ4v) is 5.13. The Kier molecular flexibility index (Phi) is 8.80. The minimum atomic E-state index is 0.286. The molecule has 0 saturated carbocycles. The minimum absolute atomic E-state index is 0.286. The van der Waals surface area contributed by atoms with Crippen molar-refractivity contribution in [3.05, 3.63) is 59.2 Å². The van der Waals surface area contributed by atoms with E-state index in [-0.39, 0.29) is 11.8 Å². The molecule has 1 aromatic carbocycles. The summed E-state index contributed by atoms with van der Waals surface area (Å²) in [5.74, 6) is 2.26. The fourth-order valence-electron chi connectivity index (χ4n) is 5.13. The molecule has 0 saturated heterocycles. The van der Waals surface area contributed by atoms with Crippen LogP contribution in [0.25, 0.3) is 44.8 Å². The van der Waals surface area contributed by atoms with Gasteiger partial charge in [-0.25, -0.2) is 19.9 Å². The van der Waals surface area contributed by atoms with Crippen LogP contribution in [-0.2, 0) is 0 Å². The highest BCUT2D eigenvalue weighted by atomic mass is 15.2. The zero-order chi connectivity index (χ0) is 30.0. The van der Waals surface area contributed by atoms with Crippen LogP contribution in [0.4, 0.5) is 0 Å². The van der Waals surface area contributed by atoms with Crippen LogP contribution >= 0.6 is 0 Å². The molecular weight excluding hydrogens is 520 g/mol. The van der Waals surface area contributed by atoms with E-state index in [1.165, 1.54) is 0 Å². The van der Waals surface area contributed by atoms with Crippen molar-refractivity contribution in [2.45, 2.75) is 105 Å². The fraction of sp³-hybridized carbons (Fsp3) is 0.471. The first kappa shape index (κ1) is 29.5. The summed E-state index contributed by atoms with van der Waals surface area (Å²) in [6.07, 6.45) is 3.95. The van der Waals surface area contributed by atoms with Crippen molar-refractivity contribution in [3.8, 4) is 23.0 Å². The van der Waals surface area contributed by atoms with Crippen LogP contribution in [-0.4, -0.2) is 40.3 Å². The number of nitrogens with zero attached hydrogens (tertiary/aromatic N) is 8. The van der Waals surface area contributed by atoms with E-state index in [9.17, 15) is 0 Å². The van der Waals surface area contributed by atoms with Crippen molar-refractivity contribution in [2.75, 3.05) is 0 Å². The maximum atomic E-state index is 5.05. The Bertz CT molecular complexity index is 1590. The Labute approximate surface area is 248 Å². The van der Waals surface area contributed by atoms with Gasteiger partial charge in [-0.2, -0.15) is 10.2 Å². The monoisotopic (exact) mass is 562 g/mol. The maximum Gasteiger partial charge on any atom is 0.200 e. The van der Waals surface area contributed by atoms with Gasteiger partial charge in [0.2, 0.25) is 11.6 Å². The van der Waals surface area contributed by atoms with Gasteiger partial charge in [0.15, 0.2) is 0 Å². The Morgan fingerprint density at radius 3 is 1.12 bits per heavy atom. The molecule has 5 rings (SSSR count). The van der Waals surface area contributed by atoms with Gasteiger partial charge < -0.3 is 0 Å². The summed E-state index contributed by atoms with van der Waals surface area (Å²) < 4.78 is 0. The van der Waals surface area contributed by atoms with Gasteiger partial charge in [-0.1, -0.05) is 79.7 Å². The van der Waals surface area contributed by atoms with E-state index in [4.69, 9.17) is 19.9 Å². The molecule has 0 amide bonds. The summed E-state index contributed by atoms with van der Waals surface area (Å²) in [6, 6.07) is 12.2. The first-order chi connectivity index (χ1) is 20.3. The highest BCUT2D eigenvalue weighted by Gasteiger charge is 2.22. The standard InChI is InChI=1S/C34H42N8/c1-9-19(5)27-29(21(7)11-3)39-41-33(37-27)25-17-15-23-13-14-24-16-18-26(36-32(24)31(23)35-25)34-38-28(20(6)10-2)30(40-42-34)22(8)12-4/h13-22H,9-12H2,1-8H3. The lowest BCUT2D eigenvalue weighted by molar-refractivity contribution is 0.620. The zero-order valence-electron chi connectivity index (χ0n) is 26.2. The SMILES string of the molecule is CCC(C)c1nnc(-c2ccc3ccc4ccc(-c5nnc(C(C)CC)c(C(C)CC)n5)nc4c3n2)nc1C(C)CC. The first-order valence-corrected chi connectivity index (χ1v) is 15.5. The van der Waals surface area contributed by atoms with Gasteiger partial charge in [0, 0.05) is 34.4 Å². The van der Waals surface area contributed by atoms with E-state index in [0.717, 1.165) is 70.3 Å². The van der Waals surface area contributed by atoms with Gasteiger partial charge in [0.05, 0.1) is 33.8 Å². The molecule has 4 atom stereocenters. The van der Waals surface area contributed by atoms with Crippen LogP contribution in [0, 0.1) is 0 Å². The highest BCUT2D eigenvalue weighted by molar-refractivity contribution is 6.03. The summed E-state index contributed by atoms with van der Waals surface area (Å²) in [5, 5.41) is 20.4. The third kappa shape index (κ3) is 5.59. The van der Waals surface area contributed by atoms with Crippen LogP contribution in [0.15, 0.2) is 36.4 Å².